The molecule has 6 heteroatoms. The molecule has 0 aliphatic rings. The van der Waals surface area contributed by atoms with Crippen molar-refractivity contribution in [1.82, 2.24) is 10.1 Å². The van der Waals surface area contributed by atoms with Crippen molar-refractivity contribution in [1.29, 1.82) is 0 Å². The second kappa shape index (κ2) is 4.94. The molecule has 1 aromatic carbocycles. The lowest BCUT2D eigenvalue weighted by Gasteiger charge is -2.04. The van der Waals surface area contributed by atoms with E-state index >= 15 is 0 Å². The van der Waals surface area contributed by atoms with E-state index in [0.717, 1.165) is 0 Å². The number of nitrogen functional groups attached to an aromatic ring is 1. The third-order valence-electron chi connectivity index (χ3n) is 2.84. The van der Waals surface area contributed by atoms with Gasteiger partial charge in [0.05, 0.1) is 16.3 Å². The molecule has 0 amide bonds. The molecule has 4 nitrogen and oxygen atoms in total. The van der Waals surface area contributed by atoms with Crippen LogP contribution >= 0.6 is 11.6 Å². The Balaban J connectivity index is 2.24. The number of hydrogen-bond donors (Lipinski definition) is 1. The maximum Gasteiger partial charge on any atom is 0.180 e. The Bertz CT molecular complexity index is 758. The zero-order valence-electron chi connectivity index (χ0n) is 10.2. The zero-order valence-corrected chi connectivity index (χ0v) is 10.9. The second-order valence-corrected chi connectivity index (χ2v) is 4.47. The van der Waals surface area contributed by atoms with Gasteiger partial charge in [0, 0.05) is 11.8 Å². The molecule has 2 aromatic heterocycles. The molecule has 0 atom stereocenters. The van der Waals surface area contributed by atoms with Gasteiger partial charge in [0.2, 0.25) is 0 Å². The van der Waals surface area contributed by atoms with Crippen molar-refractivity contribution in [2.75, 3.05) is 5.73 Å². The first-order valence-electron chi connectivity index (χ1n) is 5.79. The molecule has 0 saturated heterocycles. The quantitative estimate of drug-likeness (QED) is 0.780. The van der Waals surface area contributed by atoms with Gasteiger partial charge in [-0.3, -0.25) is 4.98 Å². The minimum Gasteiger partial charge on any atom is -0.380 e. The topological polar surface area (TPSA) is 64.9 Å². The summed E-state index contributed by atoms with van der Waals surface area (Å²) >= 11 is 5.97. The minimum atomic E-state index is -0.536. The predicted molar refractivity (Wildman–Crippen MR) is 74.6 cm³/mol. The van der Waals surface area contributed by atoms with Gasteiger partial charge < -0.3 is 10.3 Å². The Morgan fingerprint density at radius 2 is 2.00 bits per heavy atom. The van der Waals surface area contributed by atoms with Crippen LogP contribution in [0.4, 0.5) is 10.2 Å². The van der Waals surface area contributed by atoms with E-state index in [0.29, 0.717) is 22.6 Å². The Morgan fingerprint density at radius 3 is 2.75 bits per heavy atom. The average Bonchev–Trinajstić information content (AvgIpc) is 2.84. The third kappa shape index (κ3) is 2.02. The number of nitrogens with zero attached hydrogens (tertiary/aromatic N) is 2. The monoisotopic (exact) mass is 289 g/mol. The highest BCUT2D eigenvalue weighted by Gasteiger charge is 2.21. The van der Waals surface area contributed by atoms with Crippen LogP contribution < -0.4 is 5.73 Å². The largest absolute Gasteiger partial charge is 0.380 e. The highest BCUT2D eigenvalue weighted by molar-refractivity contribution is 6.33. The average molecular weight is 290 g/mol. The molecule has 0 spiro atoms. The number of aromatic nitrogens is 2. The van der Waals surface area contributed by atoms with E-state index in [1.807, 2.05) is 6.07 Å². The van der Waals surface area contributed by atoms with E-state index in [-0.39, 0.29) is 10.8 Å². The molecule has 0 aliphatic carbocycles. The first-order chi connectivity index (χ1) is 9.68. The minimum absolute atomic E-state index is 0.0409. The molecule has 0 radical (unpaired) electrons. The normalized spacial score (nSPS) is 10.7. The van der Waals surface area contributed by atoms with Gasteiger partial charge in [-0.05, 0) is 24.3 Å². The summed E-state index contributed by atoms with van der Waals surface area (Å²) in [6.07, 6.45) is 1.62. The summed E-state index contributed by atoms with van der Waals surface area (Å²) in [4.78, 5) is 4.20. The summed E-state index contributed by atoms with van der Waals surface area (Å²) in [5.74, 6) is -0.0594. The number of benzene rings is 1. The Kier molecular flexibility index (Phi) is 3.12. The number of rotatable bonds is 2. The van der Waals surface area contributed by atoms with E-state index in [2.05, 4.69) is 10.1 Å². The van der Waals surface area contributed by atoms with Crippen LogP contribution in [-0.4, -0.2) is 10.1 Å². The van der Waals surface area contributed by atoms with Gasteiger partial charge in [-0.15, -0.1) is 0 Å². The highest BCUT2D eigenvalue weighted by atomic mass is 35.5. The first kappa shape index (κ1) is 12.6. The van der Waals surface area contributed by atoms with Crippen LogP contribution in [0.5, 0.6) is 0 Å². The molecule has 100 valence electrons. The van der Waals surface area contributed by atoms with Crippen molar-refractivity contribution in [3.8, 4) is 22.6 Å². The Labute approximate surface area is 119 Å². The van der Waals surface area contributed by atoms with Crippen molar-refractivity contribution in [3.63, 3.8) is 0 Å². The third-order valence-corrected chi connectivity index (χ3v) is 3.22. The summed E-state index contributed by atoms with van der Waals surface area (Å²) in [5.41, 5.74) is 7.29. The molecular formula is C14H9ClFN3O. The number of nitrogens with two attached hydrogens (primary N) is 1. The van der Waals surface area contributed by atoms with E-state index in [1.54, 1.807) is 24.4 Å². The zero-order chi connectivity index (χ0) is 14.1. The predicted octanol–water partition coefficient (Wildman–Crippen LogP) is 3.78. The summed E-state index contributed by atoms with van der Waals surface area (Å²) < 4.78 is 18.8. The summed E-state index contributed by atoms with van der Waals surface area (Å²) in [6.45, 7) is 0. The standard InChI is InChI=1S/C14H9ClFN3O/c15-12-8(4-3-5-9(12)16)13-11(14(17)19-20-13)10-6-1-2-7-18-10/h1-7H,(H2,17,19). The second-order valence-electron chi connectivity index (χ2n) is 4.09. The fraction of sp³-hybridized carbons (Fsp3) is 0. The van der Waals surface area contributed by atoms with Crippen LogP contribution in [0.1, 0.15) is 0 Å². The fourth-order valence-corrected chi connectivity index (χ4v) is 2.14. The van der Waals surface area contributed by atoms with Gasteiger partial charge in [-0.25, -0.2) is 4.39 Å². The van der Waals surface area contributed by atoms with Crippen LogP contribution in [0.2, 0.25) is 5.02 Å². The Morgan fingerprint density at radius 1 is 1.15 bits per heavy atom. The van der Waals surface area contributed by atoms with Crippen molar-refractivity contribution >= 4 is 17.4 Å². The molecule has 2 heterocycles. The summed E-state index contributed by atoms with van der Waals surface area (Å²) in [6, 6.07) is 9.80. The van der Waals surface area contributed by atoms with E-state index in [1.165, 1.54) is 12.1 Å². The van der Waals surface area contributed by atoms with E-state index < -0.39 is 5.82 Å². The van der Waals surface area contributed by atoms with E-state index in [4.69, 9.17) is 21.9 Å². The van der Waals surface area contributed by atoms with Crippen LogP contribution in [-0.2, 0) is 0 Å². The van der Waals surface area contributed by atoms with Crippen LogP contribution in [0.25, 0.3) is 22.6 Å². The lowest BCUT2D eigenvalue weighted by atomic mass is 10.1. The first-order valence-corrected chi connectivity index (χ1v) is 6.17. The molecular weight excluding hydrogens is 281 g/mol. The fourth-order valence-electron chi connectivity index (χ4n) is 1.92. The number of hydrogen-bond acceptors (Lipinski definition) is 4. The molecule has 0 saturated carbocycles. The molecule has 0 bridgehead atoms. The van der Waals surface area contributed by atoms with Gasteiger partial charge in [-0.2, -0.15) is 0 Å². The van der Waals surface area contributed by atoms with Crippen molar-refractivity contribution in [2.45, 2.75) is 0 Å². The van der Waals surface area contributed by atoms with Gasteiger partial charge in [0.1, 0.15) is 5.82 Å². The lowest BCUT2D eigenvalue weighted by Crippen LogP contribution is -1.91. The molecule has 3 aromatic rings. The summed E-state index contributed by atoms with van der Waals surface area (Å²) in [7, 11) is 0. The van der Waals surface area contributed by atoms with Crippen molar-refractivity contribution < 1.29 is 8.91 Å². The number of anilines is 1. The van der Waals surface area contributed by atoms with Crippen molar-refractivity contribution in [2.24, 2.45) is 0 Å². The highest BCUT2D eigenvalue weighted by Crippen LogP contribution is 2.39. The maximum absolute atomic E-state index is 13.6. The Hall–Kier alpha value is -2.40. The molecule has 3 rings (SSSR count). The van der Waals surface area contributed by atoms with Crippen LogP contribution in [0, 0.1) is 5.82 Å². The van der Waals surface area contributed by atoms with E-state index in [9.17, 15) is 4.39 Å². The van der Waals surface area contributed by atoms with Crippen molar-refractivity contribution in [3.05, 3.63) is 53.4 Å². The molecule has 2 N–H and O–H groups in total. The number of halogens is 2. The smallest absolute Gasteiger partial charge is 0.180 e. The molecule has 0 unspecified atom stereocenters. The molecule has 20 heavy (non-hydrogen) atoms. The van der Waals surface area contributed by atoms with Gasteiger partial charge >= 0.3 is 0 Å². The summed E-state index contributed by atoms with van der Waals surface area (Å²) in [5, 5.41) is 3.68. The lowest BCUT2D eigenvalue weighted by molar-refractivity contribution is 0.436. The van der Waals surface area contributed by atoms with Crippen LogP contribution in [0.15, 0.2) is 47.1 Å². The molecule has 0 fully saturated rings. The van der Waals surface area contributed by atoms with Gasteiger partial charge in [0.15, 0.2) is 11.6 Å². The SMILES string of the molecule is Nc1noc(-c2cccc(F)c2Cl)c1-c1ccccn1. The van der Waals surface area contributed by atoms with Gasteiger partial charge in [-0.1, -0.05) is 28.9 Å². The van der Waals surface area contributed by atoms with Gasteiger partial charge in [0.25, 0.3) is 0 Å². The van der Waals surface area contributed by atoms with Crippen LogP contribution in [0.3, 0.4) is 0 Å². The molecule has 0 aliphatic heterocycles. The number of pyridine rings is 1. The maximum atomic E-state index is 13.6.